The predicted molar refractivity (Wildman–Crippen MR) is 73.9 cm³/mol. The van der Waals surface area contributed by atoms with Crippen molar-refractivity contribution in [3.05, 3.63) is 0 Å². The molecule has 0 saturated heterocycles. The Morgan fingerprint density at radius 2 is 1.94 bits per heavy atom. The molecule has 0 aromatic heterocycles. The minimum atomic E-state index is -3.82. The summed E-state index contributed by atoms with van der Waals surface area (Å²) in [5, 5.41) is 0.888. The Labute approximate surface area is 117 Å². The molecule has 0 fully saturated rings. The van der Waals surface area contributed by atoms with Crippen molar-refractivity contribution < 1.29 is 17.9 Å². The zero-order valence-electron chi connectivity index (χ0n) is 10.9. The number of halogens is 1. The summed E-state index contributed by atoms with van der Waals surface area (Å²) in [6.45, 7) is 5.64. The Bertz CT molecular complexity index is 346. The second kappa shape index (κ2) is 8.71. The molecule has 1 unspecified atom stereocenters. The van der Waals surface area contributed by atoms with Crippen LogP contribution in [-0.4, -0.2) is 32.5 Å². The molecule has 0 aromatic rings. The summed E-state index contributed by atoms with van der Waals surface area (Å²) in [5.41, 5.74) is 0. The van der Waals surface area contributed by atoms with Gasteiger partial charge in [0, 0.05) is 11.9 Å². The van der Waals surface area contributed by atoms with Crippen molar-refractivity contribution in [3.8, 4) is 0 Å². The van der Waals surface area contributed by atoms with E-state index in [0.29, 0.717) is 18.9 Å². The van der Waals surface area contributed by atoms with Crippen molar-refractivity contribution in [1.29, 1.82) is 0 Å². The van der Waals surface area contributed by atoms with Gasteiger partial charge in [0.2, 0.25) is 0 Å². The Morgan fingerprint density at radius 1 is 1.33 bits per heavy atom. The summed E-state index contributed by atoms with van der Waals surface area (Å²) in [7, 11) is -3.82. The lowest BCUT2D eigenvalue weighted by Gasteiger charge is -2.11. The van der Waals surface area contributed by atoms with Crippen molar-refractivity contribution in [3.63, 3.8) is 0 Å². The number of rotatable bonds is 8. The molecule has 18 heavy (non-hydrogen) atoms. The molecule has 0 spiro atoms. The van der Waals surface area contributed by atoms with Gasteiger partial charge in [-0.3, -0.25) is 0 Å². The van der Waals surface area contributed by atoms with Gasteiger partial charge in [-0.25, -0.2) is 9.52 Å². The third-order valence-electron chi connectivity index (χ3n) is 1.99. The number of hydrogen-bond acceptors (Lipinski definition) is 4. The molecule has 0 aliphatic carbocycles. The third-order valence-corrected chi connectivity index (χ3v) is 4.11. The van der Waals surface area contributed by atoms with Crippen LogP contribution in [0.5, 0.6) is 0 Å². The van der Waals surface area contributed by atoms with E-state index in [1.807, 2.05) is 0 Å². The highest BCUT2D eigenvalue weighted by molar-refractivity contribution is 9.09. The first kappa shape index (κ1) is 17.7. The van der Waals surface area contributed by atoms with Gasteiger partial charge in [-0.2, -0.15) is 13.1 Å². The average molecular weight is 345 g/mol. The molecule has 1 amide bonds. The Kier molecular flexibility index (Phi) is 8.54. The highest BCUT2D eigenvalue weighted by atomic mass is 79.9. The van der Waals surface area contributed by atoms with E-state index in [0.717, 1.165) is 11.8 Å². The quantitative estimate of drug-likeness (QED) is 0.519. The first-order valence-electron chi connectivity index (χ1n) is 5.80. The van der Waals surface area contributed by atoms with Crippen molar-refractivity contribution in [2.45, 2.75) is 39.7 Å². The molecule has 0 aliphatic heterocycles. The largest absolute Gasteiger partial charge is 0.446 e. The summed E-state index contributed by atoms with van der Waals surface area (Å²) in [4.78, 5) is 11.1. The van der Waals surface area contributed by atoms with Crippen LogP contribution >= 0.6 is 15.9 Å². The van der Waals surface area contributed by atoms with Gasteiger partial charge < -0.3 is 4.74 Å². The molecule has 6 nitrogen and oxygen atoms in total. The van der Waals surface area contributed by atoms with E-state index in [1.165, 1.54) is 0 Å². The number of nitrogens with one attached hydrogen (secondary N) is 2. The predicted octanol–water partition coefficient (Wildman–Crippen LogP) is 1.77. The van der Waals surface area contributed by atoms with Gasteiger partial charge in [0.1, 0.15) is 0 Å². The average Bonchev–Trinajstić information content (AvgIpc) is 2.21. The van der Waals surface area contributed by atoms with E-state index in [4.69, 9.17) is 0 Å². The fraction of sp³-hybridized carbons (Fsp3) is 0.900. The normalized spacial score (nSPS) is 13.4. The van der Waals surface area contributed by atoms with Crippen molar-refractivity contribution in [2.24, 2.45) is 5.92 Å². The molecule has 0 radical (unpaired) electrons. The van der Waals surface area contributed by atoms with Gasteiger partial charge in [0.05, 0.1) is 6.10 Å². The molecule has 2 N–H and O–H groups in total. The highest BCUT2D eigenvalue weighted by Gasteiger charge is 2.15. The molecule has 8 heteroatoms. The van der Waals surface area contributed by atoms with Crippen LogP contribution in [0.3, 0.4) is 0 Å². The molecule has 0 aliphatic rings. The number of hydrogen-bond donors (Lipinski definition) is 2. The fourth-order valence-corrected chi connectivity index (χ4v) is 2.19. The van der Waals surface area contributed by atoms with Gasteiger partial charge in [0.15, 0.2) is 0 Å². The molecule has 0 saturated carbocycles. The second-order valence-corrected chi connectivity index (χ2v) is 6.50. The molecular formula is C10H21BrN2O4S. The molecule has 0 bridgehead atoms. The van der Waals surface area contributed by atoms with Crippen molar-refractivity contribution >= 4 is 32.2 Å². The summed E-state index contributed by atoms with van der Waals surface area (Å²) >= 11 is 3.35. The highest BCUT2D eigenvalue weighted by Crippen LogP contribution is 2.07. The maximum absolute atomic E-state index is 11.4. The Hall–Kier alpha value is -0.340. The monoisotopic (exact) mass is 344 g/mol. The lowest BCUT2D eigenvalue weighted by atomic mass is 10.1. The second-order valence-electron chi connectivity index (χ2n) is 4.36. The zero-order chi connectivity index (χ0) is 14.2. The van der Waals surface area contributed by atoms with E-state index in [1.54, 1.807) is 18.6 Å². The first-order valence-corrected chi connectivity index (χ1v) is 8.41. The minimum Gasteiger partial charge on any atom is -0.446 e. The van der Waals surface area contributed by atoms with Crippen LogP contribution in [0.25, 0.3) is 0 Å². The zero-order valence-corrected chi connectivity index (χ0v) is 13.3. The van der Waals surface area contributed by atoms with Crippen LogP contribution in [0.15, 0.2) is 0 Å². The van der Waals surface area contributed by atoms with Crippen molar-refractivity contribution in [1.82, 2.24) is 9.44 Å². The van der Waals surface area contributed by atoms with Gasteiger partial charge in [-0.05, 0) is 32.6 Å². The summed E-state index contributed by atoms with van der Waals surface area (Å²) in [6.07, 6.45) is 0.295. The maximum Gasteiger partial charge on any atom is 0.422 e. The summed E-state index contributed by atoms with van der Waals surface area (Å²) in [6, 6.07) is 0. The molecule has 0 heterocycles. The van der Waals surface area contributed by atoms with E-state index >= 15 is 0 Å². The van der Waals surface area contributed by atoms with Crippen LogP contribution < -0.4 is 9.44 Å². The summed E-state index contributed by atoms with van der Waals surface area (Å²) < 4.78 is 31.5. The molecule has 1 atom stereocenters. The topological polar surface area (TPSA) is 84.5 Å². The Balaban J connectivity index is 3.91. The van der Waals surface area contributed by atoms with Crippen LogP contribution in [0, 0.1) is 5.92 Å². The lowest BCUT2D eigenvalue weighted by Crippen LogP contribution is -2.41. The first-order chi connectivity index (χ1) is 8.26. The lowest BCUT2D eigenvalue weighted by molar-refractivity contribution is 0.121. The fourth-order valence-electron chi connectivity index (χ4n) is 1.12. The number of ether oxygens (including phenoxy) is 1. The van der Waals surface area contributed by atoms with Gasteiger partial charge in [-0.15, -0.1) is 0 Å². The van der Waals surface area contributed by atoms with E-state index < -0.39 is 16.3 Å². The van der Waals surface area contributed by atoms with Crippen LogP contribution in [0.1, 0.15) is 33.6 Å². The van der Waals surface area contributed by atoms with Crippen LogP contribution in [0.4, 0.5) is 4.79 Å². The van der Waals surface area contributed by atoms with Gasteiger partial charge >= 0.3 is 16.3 Å². The number of carbonyl (C=O) groups is 1. The molecule has 108 valence electrons. The van der Waals surface area contributed by atoms with E-state index in [-0.39, 0.29) is 6.10 Å². The molecule has 0 aromatic carbocycles. The third kappa shape index (κ3) is 9.67. The molecule has 0 rings (SSSR count). The van der Waals surface area contributed by atoms with Crippen LogP contribution in [-0.2, 0) is 14.9 Å². The number of alkyl halides is 1. The SMILES string of the molecule is CC(CBr)CCCNS(=O)(=O)NC(=O)OC(C)C. The van der Waals surface area contributed by atoms with Gasteiger partial charge in [0.25, 0.3) is 0 Å². The van der Waals surface area contributed by atoms with Gasteiger partial charge in [-0.1, -0.05) is 22.9 Å². The standard InChI is InChI=1S/C10H21BrN2O4S/c1-8(2)17-10(14)13-18(15,16)12-6-4-5-9(3)7-11/h8-9,12H,4-7H2,1-3H3,(H,13,14). The van der Waals surface area contributed by atoms with Crippen molar-refractivity contribution in [2.75, 3.05) is 11.9 Å². The summed E-state index contributed by atoms with van der Waals surface area (Å²) in [5.74, 6) is 0.494. The number of carbonyl (C=O) groups excluding carboxylic acids is 1. The smallest absolute Gasteiger partial charge is 0.422 e. The minimum absolute atomic E-state index is 0.293. The van der Waals surface area contributed by atoms with Crippen LogP contribution in [0.2, 0.25) is 0 Å². The Morgan fingerprint density at radius 3 is 2.44 bits per heavy atom. The van der Waals surface area contributed by atoms with E-state index in [9.17, 15) is 13.2 Å². The van der Waals surface area contributed by atoms with E-state index in [2.05, 4.69) is 32.3 Å². The maximum atomic E-state index is 11.4. The molecular weight excluding hydrogens is 324 g/mol. The number of amides is 1.